The zero-order valence-electron chi connectivity index (χ0n) is 19.5. The second-order valence-corrected chi connectivity index (χ2v) is 8.51. The highest BCUT2D eigenvalue weighted by molar-refractivity contribution is 7.80. The molecule has 5 rings (SSSR count). The standard InChI is InChI=1S/C27H23N3O5S/c1-33-18-9-10-20(23(15-18)34-2)30-25(24(29-27(30)36)19-8-3-4-13-28-19)22-12-11-21(35-22)16-6-5-7-17(14-16)26(31)32/h3-15,24-25H,1-2H3,(H,29,36)(H,31,32)/t24-,25-/m1/s1. The van der Waals surface area contributed by atoms with Crippen molar-refractivity contribution < 1.29 is 23.8 Å². The number of hydrogen-bond acceptors (Lipinski definition) is 6. The molecule has 3 heterocycles. The molecular formula is C27H23N3O5S. The largest absolute Gasteiger partial charge is 0.497 e. The fraction of sp³-hybridized carbons (Fsp3) is 0.148. The van der Waals surface area contributed by atoms with Gasteiger partial charge in [0, 0.05) is 17.8 Å². The average molecular weight is 502 g/mol. The van der Waals surface area contributed by atoms with Crippen LogP contribution in [0, 0.1) is 0 Å². The number of benzene rings is 2. The average Bonchev–Trinajstić information content (AvgIpc) is 3.53. The topological polar surface area (TPSA) is 97.1 Å². The van der Waals surface area contributed by atoms with Crippen molar-refractivity contribution in [1.29, 1.82) is 0 Å². The van der Waals surface area contributed by atoms with Crippen molar-refractivity contribution in [3.63, 3.8) is 0 Å². The third kappa shape index (κ3) is 4.25. The zero-order chi connectivity index (χ0) is 25.2. The molecular weight excluding hydrogens is 478 g/mol. The molecule has 2 aromatic carbocycles. The van der Waals surface area contributed by atoms with Gasteiger partial charge in [0.2, 0.25) is 0 Å². The summed E-state index contributed by atoms with van der Waals surface area (Å²) in [6.07, 6.45) is 1.73. The molecule has 0 amide bonds. The number of nitrogens with one attached hydrogen (secondary N) is 1. The number of methoxy groups -OCH3 is 2. The van der Waals surface area contributed by atoms with Gasteiger partial charge in [-0.25, -0.2) is 4.79 Å². The van der Waals surface area contributed by atoms with Crippen molar-refractivity contribution in [3.8, 4) is 22.8 Å². The molecule has 0 saturated carbocycles. The molecule has 182 valence electrons. The summed E-state index contributed by atoms with van der Waals surface area (Å²) in [6, 6.07) is 20.9. The lowest BCUT2D eigenvalue weighted by Crippen LogP contribution is -2.29. The van der Waals surface area contributed by atoms with Gasteiger partial charge in [-0.15, -0.1) is 0 Å². The van der Waals surface area contributed by atoms with Crippen LogP contribution in [0.2, 0.25) is 0 Å². The lowest BCUT2D eigenvalue weighted by Gasteiger charge is -2.27. The molecule has 36 heavy (non-hydrogen) atoms. The quantitative estimate of drug-likeness (QED) is 0.330. The fourth-order valence-corrected chi connectivity index (χ4v) is 4.70. The summed E-state index contributed by atoms with van der Waals surface area (Å²) in [5.74, 6) is 1.43. The molecule has 1 saturated heterocycles. The van der Waals surface area contributed by atoms with E-state index in [0.717, 1.165) is 11.4 Å². The molecule has 1 fully saturated rings. The van der Waals surface area contributed by atoms with Gasteiger partial charge in [-0.1, -0.05) is 18.2 Å². The van der Waals surface area contributed by atoms with E-state index < -0.39 is 12.0 Å². The lowest BCUT2D eigenvalue weighted by molar-refractivity contribution is 0.0697. The van der Waals surface area contributed by atoms with Crippen molar-refractivity contribution >= 4 is 29.0 Å². The Balaban J connectivity index is 1.62. The van der Waals surface area contributed by atoms with Gasteiger partial charge in [0.25, 0.3) is 0 Å². The number of carboxylic acid groups (broad SMARTS) is 1. The number of anilines is 1. The Morgan fingerprint density at radius 3 is 2.64 bits per heavy atom. The van der Waals surface area contributed by atoms with E-state index in [1.54, 1.807) is 44.7 Å². The normalized spacial score (nSPS) is 17.1. The van der Waals surface area contributed by atoms with E-state index in [1.807, 2.05) is 53.4 Å². The van der Waals surface area contributed by atoms with Crippen LogP contribution in [0.3, 0.4) is 0 Å². The van der Waals surface area contributed by atoms with Crippen molar-refractivity contribution in [3.05, 3.63) is 96.0 Å². The summed E-state index contributed by atoms with van der Waals surface area (Å²) in [7, 11) is 3.19. The lowest BCUT2D eigenvalue weighted by atomic mass is 10.0. The van der Waals surface area contributed by atoms with Crippen LogP contribution in [0.4, 0.5) is 5.69 Å². The summed E-state index contributed by atoms with van der Waals surface area (Å²) in [5, 5.41) is 13.3. The summed E-state index contributed by atoms with van der Waals surface area (Å²) in [5.41, 5.74) is 2.39. The molecule has 1 aliphatic rings. The Kier molecular flexibility index (Phi) is 6.30. The number of hydrogen-bond donors (Lipinski definition) is 2. The minimum absolute atomic E-state index is 0.185. The number of nitrogens with zero attached hydrogens (tertiary/aromatic N) is 2. The number of aromatic nitrogens is 1. The Bertz CT molecular complexity index is 1420. The van der Waals surface area contributed by atoms with Gasteiger partial charge in [-0.3, -0.25) is 4.98 Å². The number of thiocarbonyl (C=S) groups is 1. The Morgan fingerprint density at radius 2 is 1.92 bits per heavy atom. The van der Waals surface area contributed by atoms with E-state index in [-0.39, 0.29) is 11.6 Å². The first-order valence-electron chi connectivity index (χ1n) is 11.2. The Labute approximate surface area is 213 Å². The van der Waals surface area contributed by atoms with E-state index in [9.17, 15) is 9.90 Å². The van der Waals surface area contributed by atoms with E-state index in [2.05, 4.69) is 10.3 Å². The third-order valence-corrected chi connectivity index (χ3v) is 6.37. The summed E-state index contributed by atoms with van der Waals surface area (Å²) < 4.78 is 17.4. The molecule has 0 unspecified atom stereocenters. The predicted molar refractivity (Wildman–Crippen MR) is 139 cm³/mol. The second kappa shape index (κ2) is 9.71. The smallest absolute Gasteiger partial charge is 0.335 e. The Hall–Kier alpha value is -4.37. The maximum Gasteiger partial charge on any atom is 0.335 e. The highest BCUT2D eigenvalue weighted by atomic mass is 32.1. The summed E-state index contributed by atoms with van der Waals surface area (Å²) >= 11 is 5.78. The number of pyridine rings is 1. The van der Waals surface area contributed by atoms with Crippen LogP contribution in [0.25, 0.3) is 11.3 Å². The van der Waals surface area contributed by atoms with Crippen LogP contribution in [-0.2, 0) is 0 Å². The van der Waals surface area contributed by atoms with Crippen molar-refractivity contribution in [2.45, 2.75) is 12.1 Å². The van der Waals surface area contributed by atoms with E-state index in [0.29, 0.717) is 33.7 Å². The number of rotatable bonds is 7. The third-order valence-electron chi connectivity index (χ3n) is 6.06. The van der Waals surface area contributed by atoms with Crippen LogP contribution < -0.4 is 19.7 Å². The second-order valence-electron chi connectivity index (χ2n) is 8.12. The molecule has 2 atom stereocenters. The van der Waals surface area contributed by atoms with Crippen LogP contribution >= 0.6 is 12.2 Å². The first kappa shape index (κ1) is 23.4. The highest BCUT2D eigenvalue weighted by Crippen LogP contribution is 2.46. The van der Waals surface area contributed by atoms with Crippen LogP contribution in [-0.4, -0.2) is 35.4 Å². The zero-order valence-corrected chi connectivity index (χ0v) is 20.4. The number of aromatic carboxylic acids is 1. The highest BCUT2D eigenvalue weighted by Gasteiger charge is 2.43. The molecule has 8 nitrogen and oxygen atoms in total. The van der Waals surface area contributed by atoms with Crippen molar-refractivity contribution in [1.82, 2.24) is 10.3 Å². The minimum atomic E-state index is -0.998. The predicted octanol–water partition coefficient (Wildman–Crippen LogP) is 5.23. The summed E-state index contributed by atoms with van der Waals surface area (Å²) in [6.45, 7) is 0. The molecule has 9 heteroatoms. The van der Waals surface area contributed by atoms with Crippen molar-refractivity contribution in [2.75, 3.05) is 19.1 Å². The first-order valence-corrected chi connectivity index (χ1v) is 11.6. The number of carbonyl (C=O) groups is 1. The van der Waals surface area contributed by atoms with E-state index >= 15 is 0 Å². The Morgan fingerprint density at radius 1 is 1.06 bits per heavy atom. The number of carboxylic acids is 1. The van der Waals surface area contributed by atoms with Gasteiger partial charge < -0.3 is 29.2 Å². The van der Waals surface area contributed by atoms with E-state index in [1.165, 1.54) is 0 Å². The molecule has 0 radical (unpaired) electrons. The van der Waals surface area contributed by atoms with Gasteiger partial charge >= 0.3 is 5.97 Å². The maximum atomic E-state index is 11.5. The van der Waals surface area contributed by atoms with Gasteiger partial charge in [0.05, 0.1) is 37.2 Å². The van der Waals surface area contributed by atoms with Crippen molar-refractivity contribution in [2.24, 2.45) is 0 Å². The molecule has 2 aromatic heterocycles. The SMILES string of the molecule is COc1ccc(N2C(=S)N[C@H](c3ccccn3)[C@H]2c2ccc(-c3cccc(C(=O)O)c3)o2)c(OC)c1. The minimum Gasteiger partial charge on any atom is -0.497 e. The van der Waals surface area contributed by atoms with Crippen LogP contribution in [0.1, 0.15) is 33.9 Å². The molecule has 1 aliphatic heterocycles. The van der Waals surface area contributed by atoms with Gasteiger partial charge in [0.1, 0.15) is 29.1 Å². The molecule has 4 aromatic rings. The first-order chi connectivity index (χ1) is 17.5. The fourth-order valence-electron chi connectivity index (χ4n) is 4.36. The molecule has 0 bridgehead atoms. The van der Waals surface area contributed by atoms with Gasteiger partial charge in [0.15, 0.2) is 5.11 Å². The number of furan rings is 1. The summed E-state index contributed by atoms with van der Waals surface area (Å²) in [4.78, 5) is 18.0. The van der Waals surface area contributed by atoms with Gasteiger partial charge in [-0.2, -0.15) is 0 Å². The maximum absolute atomic E-state index is 11.5. The molecule has 2 N–H and O–H groups in total. The van der Waals surface area contributed by atoms with Gasteiger partial charge in [-0.05, 0) is 60.7 Å². The monoisotopic (exact) mass is 501 g/mol. The molecule has 0 aliphatic carbocycles. The van der Waals surface area contributed by atoms with Crippen LogP contribution in [0.15, 0.2) is 83.4 Å². The number of ether oxygens (including phenoxy) is 2. The van der Waals surface area contributed by atoms with Crippen LogP contribution in [0.5, 0.6) is 11.5 Å². The molecule has 0 spiro atoms. The van der Waals surface area contributed by atoms with E-state index in [4.69, 9.17) is 26.1 Å².